The molecular weight excluding hydrogens is 257 g/mol. The van der Waals surface area contributed by atoms with Gasteiger partial charge in [0.1, 0.15) is 0 Å². The number of hydrogen-bond donors (Lipinski definition) is 1. The quantitative estimate of drug-likeness (QED) is 0.769. The van der Waals surface area contributed by atoms with E-state index < -0.39 is 0 Å². The molecule has 2 nitrogen and oxygen atoms in total. The summed E-state index contributed by atoms with van der Waals surface area (Å²) in [5.74, 6) is 0. The second-order valence-corrected chi connectivity index (χ2v) is 5.00. The molecular formula is C13H19Cl2NO. The third-order valence-corrected chi connectivity index (χ3v) is 2.90. The standard InChI is InChI=1S/C13H19Cl2NO/c1-10(2)17-8-7-16-6-5-11-3-4-12(14)9-13(11)15/h3-4,9-10,16H,5-8H2,1-2H3. The molecule has 0 spiro atoms. The fraction of sp³-hybridized carbons (Fsp3) is 0.538. The van der Waals surface area contributed by atoms with Crippen molar-refractivity contribution in [2.24, 2.45) is 0 Å². The van der Waals surface area contributed by atoms with Crippen LogP contribution in [-0.2, 0) is 11.2 Å². The van der Waals surface area contributed by atoms with E-state index in [4.69, 9.17) is 27.9 Å². The van der Waals surface area contributed by atoms with Crippen LogP contribution in [0.1, 0.15) is 19.4 Å². The lowest BCUT2D eigenvalue weighted by atomic mass is 10.1. The molecule has 96 valence electrons. The lowest BCUT2D eigenvalue weighted by Crippen LogP contribution is -2.23. The third kappa shape index (κ3) is 6.27. The molecule has 1 rings (SSSR count). The Morgan fingerprint density at radius 1 is 1.24 bits per heavy atom. The third-order valence-electron chi connectivity index (χ3n) is 2.32. The van der Waals surface area contributed by atoms with Crippen LogP contribution in [-0.4, -0.2) is 25.8 Å². The van der Waals surface area contributed by atoms with Crippen LogP contribution < -0.4 is 5.32 Å². The molecule has 0 fully saturated rings. The van der Waals surface area contributed by atoms with Crippen molar-refractivity contribution in [3.8, 4) is 0 Å². The number of benzene rings is 1. The summed E-state index contributed by atoms with van der Waals surface area (Å²) in [7, 11) is 0. The fourth-order valence-corrected chi connectivity index (χ4v) is 1.94. The van der Waals surface area contributed by atoms with E-state index in [9.17, 15) is 0 Å². The van der Waals surface area contributed by atoms with Gasteiger partial charge in [-0.1, -0.05) is 29.3 Å². The number of hydrogen-bond acceptors (Lipinski definition) is 2. The lowest BCUT2D eigenvalue weighted by Gasteiger charge is -2.09. The highest BCUT2D eigenvalue weighted by atomic mass is 35.5. The van der Waals surface area contributed by atoms with Gasteiger partial charge in [0.05, 0.1) is 12.7 Å². The molecule has 0 radical (unpaired) electrons. The van der Waals surface area contributed by atoms with Gasteiger partial charge in [0.2, 0.25) is 0 Å². The van der Waals surface area contributed by atoms with Crippen molar-refractivity contribution in [2.45, 2.75) is 26.4 Å². The van der Waals surface area contributed by atoms with Gasteiger partial charge in [0, 0.05) is 16.6 Å². The minimum Gasteiger partial charge on any atom is -0.377 e. The summed E-state index contributed by atoms with van der Waals surface area (Å²) < 4.78 is 5.43. The molecule has 0 saturated carbocycles. The van der Waals surface area contributed by atoms with Crippen molar-refractivity contribution in [1.82, 2.24) is 5.32 Å². The van der Waals surface area contributed by atoms with Gasteiger partial charge in [-0.05, 0) is 44.5 Å². The Morgan fingerprint density at radius 3 is 2.65 bits per heavy atom. The maximum atomic E-state index is 6.07. The molecule has 0 heterocycles. The number of rotatable bonds is 7. The molecule has 0 aromatic heterocycles. The van der Waals surface area contributed by atoms with Crippen LogP contribution in [0, 0.1) is 0 Å². The molecule has 17 heavy (non-hydrogen) atoms. The Hall–Kier alpha value is -0.280. The zero-order chi connectivity index (χ0) is 12.7. The van der Waals surface area contributed by atoms with Crippen molar-refractivity contribution in [3.63, 3.8) is 0 Å². The Labute approximate surface area is 113 Å². The molecule has 0 saturated heterocycles. The second-order valence-electron chi connectivity index (χ2n) is 4.16. The molecule has 1 N–H and O–H groups in total. The van der Waals surface area contributed by atoms with E-state index in [0.717, 1.165) is 36.7 Å². The first-order chi connectivity index (χ1) is 8.09. The summed E-state index contributed by atoms with van der Waals surface area (Å²) in [5, 5.41) is 4.73. The number of halogens is 2. The first-order valence-corrected chi connectivity index (χ1v) is 6.61. The minimum absolute atomic E-state index is 0.294. The first-order valence-electron chi connectivity index (χ1n) is 5.86. The van der Waals surface area contributed by atoms with Gasteiger partial charge in [0.25, 0.3) is 0 Å². The zero-order valence-electron chi connectivity index (χ0n) is 10.3. The van der Waals surface area contributed by atoms with E-state index in [1.54, 1.807) is 6.07 Å². The summed E-state index contributed by atoms with van der Waals surface area (Å²) in [6.45, 7) is 6.57. The minimum atomic E-state index is 0.294. The van der Waals surface area contributed by atoms with Crippen molar-refractivity contribution in [2.75, 3.05) is 19.7 Å². The molecule has 0 unspecified atom stereocenters. The van der Waals surface area contributed by atoms with Gasteiger partial charge in [-0.15, -0.1) is 0 Å². The van der Waals surface area contributed by atoms with Gasteiger partial charge < -0.3 is 10.1 Å². The average Bonchev–Trinajstić information content (AvgIpc) is 2.25. The Bertz CT molecular complexity index is 342. The summed E-state index contributed by atoms with van der Waals surface area (Å²) in [5.41, 5.74) is 1.12. The van der Waals surface area contributed by atoms with Gasteiger partial charge in [-0.2, -0.15) is 0 Å². The summed E-state index contributed by atoms with van der Waals surface area (Å²) >= 11 is 11.9. The van der Waals surface area contributed by atoms with Crippen molar-refractivity contribution in [3.05, 3.63) is 33.8 Å². The molecule has 4 heteroatoms. The highest BCUT2D eigenvalue weighted by molar-refractivity contribution is 6.35. The van der Waals surface area contributed by atoms with Gasteiger partial charge in [0.15, 0.2) is 0 Å². The van der Waals surface area contributed by atoms with E-state index >= 15 is 0 Å². The van der Waals surface area contributed by atoms with E-state index in [0.29, 0.717) is 11.1 Å². The van der Waals surface area contributed by atoms with Gasteiger partial charge >= 0.3 is 0 Å². The Balaban J connectivity index is 2.18. The maximum absolute atomic E-state index is 6.07. The average molecular weight is 276 g/mol. The van der Waals surface area contributed by atoms with Crippen LogP contribution in [0.3, 0.4) is 0 Å². The van der Waals surface area contributed by atoms with E-state index in [-0.39, 0.29) is 0 Å². The predicted molar refractivity (Wildman–Crippen MR) is 74.1 cm³/mol. The van der Waals surface area contributed by atoms with Crippen LogP contribution in [0.5, 0.6) is 0 Å². The fourth-order valence-electron chi connectivity index (χ4n) is 1.44. The molecule has 1 aromatic carbocycles. The van der Waals surface area contributed by atoms with Crippen LogP contribution >= 0.6 is 23.2 Å². The largest absolute Gasteiger partial charge is 0.377 e. The number of nitrogens with one attached hydrogen (secondary N) is 1. The topological polar surface area (TPSA) is 21.3 Å². The van der Waals surface area contributed by atoms with Crippen LogP contribution in [0.2, 0.25) is 10.0 Å². The van der Waals surface area contributed by atoms with E-state index in [2.05, 4.69) is 5.32 Å². The highest BCUT2D eigenvalue weighted by Crippen LogP contribution is 2.20. The molecule has 0 atom stereocenters. The van der Waals surface area contributed by atoms with Crippen LogP contribution in [0.4, 0.5) is 0 Å². The summed E-state index contributed by atoms with van der Waals surface area (Å²) in [4.78, 5) is 0. The van der Waals surface area contributed by atoms with E-state index in [1.165, 1.54) is 0 Å². The molecule has 0 aliphatic carbocycles. The Kier molecular flexibility index (Phi) is 6.90. The van der Waals surface area contributed by atoms with Crippen LogP contribution in [0.25, 0.3) is 0 Å². The summed E-state index contributed by atoms with van der Waals surface area (Å²) in [6, 6.07) is 5.61. The smallest absolute Gasteiger partial charge is 0.0594 e. The monoisotopic (exact) mass is 275 g/mol. The summed E-state index contributed by atoms with van der Waals surface area (Å²) in [6.07, 6.45) is 1.19. The first kappa shape index (κ1) is 14.8. The second kappa shape index (κ2) is 7.93. The van der Waals surface area contributed by atoms with Gasteiger partial charge in [-0.3, -0.25) is 0 Å². The zero-order valence-corrected chi connectivity index (χ0v) is 11.8. The van der Waals surface area contributed by atoms with Crippen LogP contribution in [0.15, 0.2) is 18.2 Å². The van der Waals surface area contributed by atoms with Crippen molar-refractivity contribution < 1.29 is 4.74 Å². The van der Waals surface area contributed by atoms with Crippen molar-refractivity contribution >= 4 is 23.2 Å². The van der Waals surface area contributed by atoms with Crippen molar-refractivity contribution in [1.29, 1.82) is 0 Å². The lowest BCUT2D eigenvalue weighted by molar-refractivity contribution is 0.0810. The molecule has 0 bridgehead atoms. The predicted octanol–water partition coefficient (Wildman–Crippen LogP) is 3.55. The number of ether oxygens (including phenoxy) is 1. The van der Waals surface area contributed by atoms with E-state index in [1.807, 2.05) is 26.0 Å². The molecule has 0 amide bonds. The molecule has 0 aliphatic rings. The SMILES string of the molecule is CC(C)OCCNCCc1ccc(Cl)cc1Cl. The van der Waals surface area contributed by atoms with Gasteiger partial charge in [-0.25, -0.2) is 0 Å². The normalized spacial score (nSPS) is 11.1. The Morgan fingerprint density at radius 2 is 2.00 bits per heavy atom. The maximum Gasteiger partial charge on any atom is 0.0594 e. The molecule has 1 aromatic rings. The highest BCUT2D eigenvalue weighted by Gasteiger charge is 2.00. The molecule has 0 aliphatic heterocycles.